The molecule has 0 atom stereocenters. The molecule has 0 saturated heterocycles. The molecule has 0 heterocycles. The van der Waals surface area contributed by atoms with Crippen molar-refractivity contribution in [2.45, 2.75) is 6.18 Å². The first-order chi connectivity index (χ1) is 11.8. The summed E-state index contributed by atoms with van der Waals surface area (Å²) in [6.07, 6.45) is -2.33. The van der Waals surface area contributed by atoms with Gasteiger partial charge < -0.3 is 14.8 Å². The molecule has 25 heavy (non-hydrogen) atoms. The average Bonchev–Trinajstić information content (AvgIpc) is 2.59. The summed E-state index contributed by atoms with van der Waals surface area (Å²) < 4.78 is 49.0. The molecule has 1 N–H and O–H groups in total. The van der Waals surface area contributed by atoms with Crippen molar-refractivity contribution in [1.82, 2.24) is 0 Å². The molecule has 0 radical (unpaired) electrons. The van der Waals surface area contributed by atoms with Crippen LogP contribution in [-0.4, -0.2) is 20.1 Å². The van der Waals surface area contributed by atoms with Crippen LogP contribution in [0.4, 0.5) is 18.9 Å². The number of amides is 1. The van der Waals surface area contributed by atoms with Crippen LogP contribution in [0.15, 0.2) is 48.5 Å². The number of carbonyl (C=O) groups excluding carboxylic acids is 1. The zero-order valence-corrected chi connectivity index (χ0v) is 13.6. The van der Waals surface area contributed by atoms with Gasteiger partial charge in [0.1, 0.15) is 11.5 Å². The third-order valence-corrected chi connectivity index (χ3v) is 3.35. The third-order valence-electron chi connectivity index (χ3n) is 3.35. The number of nitrogens with one attached hydrogen (secondary N) is 1. The van der Waals surface area contributed by atoms with Crippen LogP contribution in [0.25, 0.3) is 6.08 Å². The number of hydrogen-bond donors (Lipinski definition) is 1. The summed E-state index contributed by atoms with van der Waals surface area (Å²) in [7, 11) is 2.92. The lowest BCUT2D eigenvalue weighted by molar-refractivity contribution is -0.137. The van der Waals surface area contributed by atoms with Crippen molar-refractivity contribution in [3.8, 4) is 11.5 Å². The van der Waals surface area contributed by atoms with Crippen LogP contribution in [0.2, 0.25) is 0 Å². The van der Waals surface area contributed by atoms with E-state index in [4.69, 9.17) is 9.47 Å². The standard InChI is InChI=1S/C18H16F3NO3/c1-24-13-8-9-15(16(11-13)25-2)22-17(23)10-7-12-5-3-4-6-14(12)18(19,20)21/h3-11H,1-2H3,(H,22,23). The van der Waals surface area contributed by atoms with Gasteiger partial charge in [-0.1, -0.05) is 18.2 Å². The zero-order valence-electron chi connectivity index (χ0n) is 13.6. The number of rotatable bonds is 5. The smallest absolute Gasteiger partial charge is 0.416 e. The van der Waals surface area contributed by atoms with Gasteiger partial charge in [0.25, 0.3) is 0 Å². The van der Waals surface area contributed by atoms with Crippen molar-refractivity contribution in [2.75, 3.05) is 19.5 Å². The first-order valence-corrected chi connectivity index (χ1v) is 7.22. The molecular weight excluding hydrogens is 335 g/mol. The third kappa shape index (κ3) is 4.76. The highest BCUT2D eigenvalue weighted by Gasteiger charge is 2.32. The van der Waals surface area contributed by atoms with E-state index in [9.17, 15) is 18.0 Å². The molecule has 2 aromatic carbocycles. The Morgan fingerprint density at radius 3 is 2.44 bits per heavy atom. The Kier molecular flexibility index (Phi) is 5.69. The summed E-state index contributed by atoms with van der Waals surface area (Å²) >= 11 is 0. The highest BCUT2D eigenvalue weighted by Crippen LogP contribution is 2.32. The lowest BCUT2D eigenvalue weighted by Gasteiger charge is -2.11. The maximum atomic E-state index is 12.9. The van der Waals surface area contributed by atoms with Crippen LogP contribution in [0.5, 0.6) is 11.5 Å². The van der Waals surface area contributed by atoms with Crippen LogP contribution < -0.4 is 14.8 Å². The molecule has 0 spiro atoms. The van der Waals surface area contributed by atoms with Gasteiger partial charge in [0.2, 0.25) is 5.91 Å². The summed E-state index contributed by atoms with van der Waals surface area (Å²) in [5.74, 6) is 0.335. The zero-order chi connectivity index (χ0) is 18.4. The molecule has 2 rings (SSSR count). The Hall–Kier alpha value is -2.96. The van der Waals surface area contributed by atoms with Gasteiger partial charge in [0.15, 0.2) is 0 Å². The van der Waals surface area contributed by atoms with E-state index >= 15 is 0 Å². The minimum Gasteiger partial charge on any atom is -0.497 e. The van der Waals surface area contributed by atoms with Crippen LogP contribution in [0.3, 0.4) is 0 Å². The Morgan fingerprint density at radius 2 is 1.80 bits per heavy atom. The Morgan fingerprint density at radius 1 is 1.08 bits per heavy atom. The fraction of sp³-hybridized carbons (Fsp3) is 0.167. The van der Waals surface area contributed by atoms with Gasteiger partial charge in [-0.15, -0.1) is 0 Å². The number of ether oxygens (including phenoxy) is 2. The van der Waals surface area contributed by atoms with Crippen molar-refractivity contribution in [3.63, 3.8) is 0 Å². The van der Waals surface area contributed by atoms with Crippen molar-refractivity contribution in [3.05, 3.63) is 59.7 Å². The quantitative estimate of drug-likeness (QED) is 0.814. The summed E-state index contributed by atoms with van der Waals surface area (Å²) in [5, 5.41) is 2.55. The second kappa shape index (κ2) is 7.74. The monoisotopic (exact) mass is 351 g/mol. The van der Waals surface area contributed by atoms with Gasteiger partial charge in [-0.05, 0) is 29.8 Å². The molecule has 0 aliphatic carbocycles. The Bertz CT molecular complexity index is 785. The fourth-order valence-corrected chi connectivity index (χ4v) is 2.14. The summed E-state index contributed by atoms with van der Waals surface area (Å²) in [6, 6.07) is 9.80. The van der Waals surface area contributed by atoms with E-state index in [-0.39, 0.29) is 5.56 Å². The summed E-state index contributed by atoms with van der Waals surface area (Å²) in [4.78, 5) is 12.0. The van der Waals surface area contributed by atoms with E-state index in [0.29, 0.717) is 17.2 Å². The van der Waals surface area contributed by atoms with Gasteiger partial charge >= 0.3 is 6.18 Å². The van der Waals surface area contributed by atoms with Gasteiger partial charge in [0.05, 0.1) is 25.5 Å². The first-order valence-electron chi connectivity index (χ1n) is 7.22. The highest BCUT2D eigenvalue weighted by molar-refractivity contribution is 6.02. The number of methoxy groups -OCH3 is 2. The molecule has 0 aromatic heterocycles. The molecule has 0 fully saturated rings. The second-order valence-electron chi connectivity index (χ2n) is 4.97. The molecule has 2 aromatic rings. The van der Waals surface area contributed by atoms with E-state index in [2.05, 4.69) is 5.32 Å². The number of benzene rings is 2. The first kappa shape index (κ1) is 18.4. The van der Waals surface area contributed by atoms with E-state index in [1.165, 1.54) is 32.4 Å². The number of hydrogen-bond acceptors (Lipinski definition) is 3. The largest absolute Gasteiger partial charge is 0.497 e. The Labute approximate surface area is 142 Å². The van der Waals surface area contributed by atoms with Crippen molar-refractivity contribution < 1.29 is 27.4 Å². The van der Waals surface area contributed by atoms with Gasteiger partial charge in [-0.25, -0.2) is 0 Å². The van der Waals surface area contributed by atoms with Crippen molar-refractivity contribution in [1.29, 1.82) is 0 Å². The number of carbonyl (C=O) groups is 1. The number of anilines is 1. The van der Waals surface area contributed by atoms with Gasteiger partial charge in [0, 0.05) is 12.1 Å². The van der Waals surface area contributed by atoms with E-state index in [1.54, 1.807) is 18.2 Å². The molecule has 0 aliphatic heterocycles. The summed E-state index contributed by atoms with van der Waals surface area (Å²) in [6.45, 7) is 0. The molecular formula is C18H16F3NO3. The Balaban J connectivity index is 2.18. The highest BCUT2D eigenvalue weighted by atomic mass is 19.4. The van der Waals surface area contributed by atoms with Gasteiger partial charge in [-0.3, -0.25) is 4.79 Å². The lowest BCUT2D eigenvalue weighted by Crippen LogP contribution is -2.10. The normalized spacial score (nSPS) is 11.4. The molecule has 132 valence electrons. The molecule has 0 aliphatic rings. The minimum atomic E-state index is -4.49. The SMILES string of the molecule is COc1ccc(NC(=O)C=Cc2ccccc2C(F)(F)F)c(OC)c1. The number of alkyl halides is 3. The van der Waals surface area contributed by atoms with Crippen molar-refractivity contribution in [2.24, 2.45) is 0 Å². The van der Waals surface area contributed by atoms with Crippen LogP contribution in [-0.2, 0) is 11.0 Å². The molecule has 7 heteroatoms. The number of halogens is 3. The molecule has 0 bridgehead atoms. The maximum absolute atomic E-state index is 12.9. The maximum Gasteiger partial charge on any atom is 0.416 e. The molecule has 0 unspecified atom stereocenters. The molecule has 1 amide bonds. The molecule has 0 saturated carbocycles. The van der Waals surface area contributed by atoms with Crippen LogP contribution >= 0.6 is 0 Å². The van der Waals surface area contributed by atoms with Crippen LogP contribution in [0, 0.1) is 0 Å². The van der Waals surface area contributed by atoms with Gasteiger partial charge in [-0.2, -0.15) is 13.2 Å². The average molecular weight is 351 g/mol. The fourth-order valence-electron chi connectivity index (χ4n) is 2.14. The van der Waals surface area contributed by atoms with E-state index in [0.717, 1.165) is 18.2 Å². The van der Waals surface area contributed by atoms with Crippen molar-refractivity contribution >= 4 is 17.7 Å². The van der Waals surface area contributed by atoms with E-state index in [1.807, 2.05) is 0 Å². The topological polar surface area (TPSA) is 47.6 Å². The lowest BCUT2D eigenvalue weighted by atomic mass is 10.1. The predicted molar refractivity (Wildman–Crippen MR) is 88.7 cm³/mol. The minimum absolute atomic E-state index is 0.0909. The summed E-state index contributed by atoms with van der Waals surface area (Å²) in [5.41, 5.74) is -0.519. The van der Waals surface area contributed by atoms with Crippen LogP contribution in [0.1, 0.15) is 11.1 Å². The molecule has 4 nitrogen and oxygen atoms in total. The van der Waals surface area contributed by atoms with E-state index < -0.39 is 17.6 Å². The second-order valence-corrected chi connectivity index (χ2v) is 4.97. The predicted octanol–water partition coefficient (Wildman–Crippen LogP) is 4.37.